The van der Waals surface area contributed by atoms with Gasteiger partial charge in [-0.25, -0.2) is 10.4 Å². The van der Waals surface area contributed by atoms with Crippen molar-refractivity contribution in [3.63, 3.8) is 0 Å². The van der Waals surface area contributed by atoms with E-state index < -0.39 is 5.56 Å². The standard InChI is InChI=1S/C29H25BrN6O4/c1-39-24-14-21(23(30)15-25(24)40-18-26(37)32-13-12-19-8-4-2-5-9-19)17-33-36-29-34-27(20-10-6-3-7-11-20)22(16-31)28(38)35-29/h2-11,14-15,17H,12-13,18H2,1H3,(H,32,37)(H2,34,35,36,38). The summed E-state index contributed by atoms with van der Waals surface area (Å²) in [6.45, 7) is 0.329. The maximum atomic E-state index is 12.4. The number of ether oxygens (including phenoxy) is 2. The highest BCUT2D eigenvalue weighted by molar-refractivity contribution is 9.10. The van der Waals surface area contributed by atoms with Crippen LogP contribution in [0.2, 0.25) is 0 Å². The molecule has 0 atom stereocenters. The van der Waals surface area contributed by atoms with E-state index >= 15 is 0 Å². The van der Waals surface area contributed by atoms with Gasteiger partial charge < -0.3 is 14.8 Å². The number of hydrogen-bond acceptors (Lipinski definition) is 8. The lowest BCUT2D eigenvalue weighted by molar-refractivity contribution is -0.123. The first-order chi connectivity index (χ1) is 19.5. The van der Waals surface area contributed by atoms with Crippen LogP contribution in [0, 0.1) is 11.3 Å². The van der Waals surface area contributed by atoms with E-state index in [1.807, 2.05) is 42.5 Å². The average molecular weight is 601 g/mol. The van der Waals surface area contributed by atoms with Gasteiger partial charge in [-0.05, 0) is 40.0 Å². The normalized spacial score (nSPS) is 10.6. The minimum absolute atomic E-state index is 0.0698. The van der Waals surface area contributed by atoms with Gasteiger partial charge in [0.25, 0.3) is 11.5 Å². The molecule has 0 aliphatic rings. The number of halogens is 1. The topological polar surface area (TPSA) is 141 Å². The molecule has 0 saturated carbocycles. The molecule has 0 unspecified atom stereocenters. The Labute approximate surface area is 238 Å². The summed E-state index contributed by atoms with van der Waals surface area (Å²) < 4.78 is 11.8. The van der Waals surface area contributed by atoms with Crippen molar-refractivity contribution < 1.29 is 14.3 Å². The zero-order valence-electron chi connectivity index (χ0n) is 21.5. The Bertz CT molecular complexity index is 1600. The highest BCUT2D eigenvalue weighted by atomic mass is 79.9. The first-order valence-electron chi connectivity index (χ1n) is 12.2. The predicted molar refractivity (Wildman–Crippen MR) is 156 cm³/mol. The fourth-order valence-electron chi connectivity index (χ4n) is 3.71. The molecule has 4 rings (SSSR count). The molecule has 0 saturated heterocycles. The zero-order chi connectivity index (χ0) is 28.3. The average Bonchev–Trinajstić information content (AvgIpc) is 2.97. The van der Waals surface area contributed by atoms with Crippen molar-refractivity contribution in [1.82, 2.24) is 15.3 Å². The Kier molecular flexibility index (Phi) is 9.63. The Morgan fingerprint density at radius 3 is 2.55 bits per heavy atom. The van der Waals surface area contributed by atoms with Crippen LogP contribution in [0.3, 0.4) is 0 Å². The predicted octanol–water partition coefficient (Wildman–Crippen LogP) is 4.26. The number of nitrogens with one attached hydrogen (secondary N) is 3. The molecule has 40 heavy (non-hydrogen) atoms. The molecule has 1 aromatic heterocycles. The number of nitrogens with zero attached hydrogens (tertiary/aromatic N) is 3. The number of methoxy groups -OCH3 is 1. The molecule has 3 N–H and O–H groups in total. The van der Waals surface area contributed by atoms with Gasteiger partial charge in [-0.3, -0.25) is 14.6 Å². The van der Waals surface area contributed by atoms with E-state index in [2.05, 4.69) is 41.7 Å². The van der Waals surface area contributed by atoms with Crippen LogP contribution in [-0.4, -0.2) is 42.4 Å². The van der Waals surface area contributed by atoms with Gasteiger partial charge in [-0.2, -0.15) is 10.4 Å². The van der Waals surface area contributed by atoms with Crippen LogP contribution in [0.4, 0.5) is 5.95 Å². The Hall–Kier alpha value is -4.95. The number of H-pyrrole nitrogens is 1. The molecule has 0 radical (unpaired) electrons. The molecular formula is C29H25BrN6O4. The van der Waals surface area contributed by atoms with E-state index in [4.69, 9.17) is 9.47 Å². The van der Waals surface area contributed by atoms with Crippen molar-refractivity contribution in [1.29, 1.82) is 5.26 Å². The summed E-state index contributed by atoms with van der Waals surface area (Å²) in [5, 5.41) is 16.4. The van der Waals surface area contributed by atoms with E-state index in [0.29, 0.717) is 33.6 Å². The van der Waals surface area contributed by atoms with E-state index in [9.17, 15) is 14.9 Å². The second-order valence-electron chi connectivity index (χ2n) is 8.38. The maximum absolute atomic E-state index is 12.4. The van der Waals surface area contributed by atoms with Gasteiger partial charge in [0.1, 0.15) is 11.6 Å². The van der Waals surface area contributed by atoms with Gasteiger partial charge in [-0.1, -0.05) is 60.7 Å². The largest absolute Gasteiger partial charge is 0.493 e. The summed E-state index contributed by atoms with van der Waals surface area (Å²) in [5.41, 5.74) is 4.67. The first kappa shape index (κ1) is 28.1. The van der Waals surface area contributed by atoms with Crippen LogP contribution in [0.15, 0.2) is 87.2 Å². The van der Waals surface area contributed by atoms with Gasteiger partial charge >= 0.3 is 0 Å². The second kappa shape index (κ2) is 13.7. The summed E-state index contributed by atoms with van der Waals surface area (Å²) in [6, 6.07) is 24.1. The number of anilines is 1. The number of nitriles is 1. The van der Waals surface area contributed by atoms with Gasteiger partial charge in [-0.15, -0.1) is 0 Å². The molecule has 10 nitrogen and oxygen atoms in total. The molecule has 3 aromatic carbocycles. The third-order valence-corrected chi connectivity index (χ3v) is 6.36. The van der Waals surface area contributed by atoms with Crippen molar-refractivity contribution in [3.8, 4) is 28.8 Å². The molecule has 0 fully saturated rings. The number of carbonyl (C=O) groups excluding carboxylic acids is 1. The molecule has 1 heterocycles. The highest BCUT2D eigenvalue weighted by Crippen LogP contribution is 2.33. The first-order valence-corrected chi connectivity index (χ1v) is 13.0. The quantitative estimate of drug-likeness (QED) is 0.172. The van der Waals surface area contributed by atoms with Crippen molar-refractivity contribution in [2.45, 2.75) is 6.42 Å². The van der Waals surface area contributed by atoms with Crippen molar-refractivity contribution in [2.75, 3.05) is 25.7 Å². The fourth-order valence-corrected chi connectivity index (χ4v) is 4.13. The third-order valence-electron chi connectivity index (χ3n) is 5.67. The second-order valence-corrected chi connectivity index (χ2v) is 9.24. The van der Waals surface area contributed by atoms with Crippen LogP contribution in [-0.2, 0) is 11.2 Å². The minimum atomic E-state index is -0.581. The number of hydrazone groups is 1. The van der Waals surface area contributed by atoms with Crippen LogP contribution >= 0.6 is 15.9 Å². The Morgan fingerprint density at radius 1 is 1.12 bits per heavy atom. The number of hydrogen-bond donors (Lipinski definition) is 3. The summed E-state index contributed by atoms with van der Waals surface area (Å²) in [4.78, 5) is 31.5. The molecule has 0 aliphatic carbocycles. The summed E-state index contributed by atoms with van der Waals surface area (Å²) in [7, 11) is 1.49. The van der Waals surface area contributed by atoms with Crippen molar-refractivity contribution in [2.24, 2.45) is 5.10 Å². The number of rotatable bonds is 11. The lowest BCUT2D eigenvalue weighted by atomic mass is 10.1. The lowest BCUT2D eigenvalue weighted by Crippen LogP contribution is -2.30. The maximum Gasteiger partial charge on any atom is 0.270 e. The number of amides is 1. The Morgan fingerprint density at radius 2 is 1.85 bits per heavy atom. The highest BCUT2D eigenvalue weighted by Gasteiger charge is 2.14. The smallest absolute Gasteiger partial charge is 0.270 e. The third kappa shape index (κ3) is 7.33. The minimum Gasteiger partial charge on any atom is -0.493 e. The molecule has 4 aromatic rings. The van der Waals surface area contributed by atoms with Crippen LogP contribution < -0.4 is 25.8 Å². The molecular weight excluding hydrogens is 576 g/mol. The van der Waals surface area contributed by atoms with Gasteiger partial charge in [0, 0.05) is 22.1 Å². The van der Waals surface area contributed by atoms with Crippen LogP contribution in [0.1, 0.15) is 16.7 Å². The van der Waals surface area contributed by atoms with E-state index in [-0.39, 0.29) is 29.7 Å². The number of benzene rings is 3. The zero-order valence-corrected chi connectivity index (χ0v) is 23.1. The Balaban J connectivity index is 1.40. The number of aromatic amines is 1. The molecule has 11 heteroatoms. The summed E-state index contributed by atoms with van der Waals surface area (Å²) >= 11 is 3.48. The SMILES string of the molecule is COc1cc(C=NNc2nc(-c3ccccc3)c(C#N)c(=O)[nH]2)c(Br)cc1OCC(=O)NCCc1ccccc1. The molecule has 0 bridgehead atoms. The lowest BCUT2D eigenvalue weighted by Gasteiger charge is -2.13. The molecule has 0 spiro atoms. The van der Waals surface area contributed by atoms with Crippen LogP contribution in [0.5, 0.6) is 11.5 Å². The molecule has 0 aliphatic heterocycles. The van der Waals surface area contributed by atoms with Gasteiger partial charge in [0.05, 0.1) is 19.0 Å². The van der Waals surface area contributed by atoms with Crippen LogP contribution in [0.25, 0.3) is 11.3 Å². The van der Waals surface area contributed by atoms with Crippen molar-refractivity contribution in [3.05, 3.63) is 104 Å². The number of carbonyl (C=O) groups is 1. The fraction of sp³-hybridized carbons (Fsp3) is 0.138. The summed E-state index contributed by atoms with van der Waals surface area (Å²) in [6.07, 6.45) is 2.22. The van der Waals surface area contributed by atoms with E-state index in [1.165, 1.54) is 13.3 Å². The molecule has 1 amide bonds. The summed E-state index contributed by atoms with van der Waals surface area (Å²) in [5.74, 6) is 0.601. The van der Waals surface area contributed by atoms with Crippen molar-refractivity contribution >= 4 is 34.0 Å². The van der Waals surface area contributed by atoms with E-state index in [0.717, 1.165) is 12.0 Å². The van der Waals surface area contributed by atoms with E-state index in [1.54, 1.807) is 36.4 Å². The monoisotopic (exact) mass is 600 g/mol. The van der Waals surface area contributed by atoms with Gasteiger partial charge in [0.2, 0.25) is 5.95 Å². The number of aromatic nitrogens is 2. The molecule has 202 valence electrons. The van der Waals surface area contributed by atoms with Gasteiger partial charge in [0.15, 0.2) is 18.1 Å².